The summed E-state index contributed by atoms with van der Waals surface area (Å²) in [5.41, 5.74) is 2.46. The summed E-state index contributed by atoms with van der Waals surface area (Å²) in [6, 6.07) is 22.3. The first-order valence-corrected chi connectivity index (χ1v) is 11.2. The maximum absolute atomic E-state index is 13.5. The van der Waals surface area contributed by atoms with Crippen molar-refractivity contribution >= 4 is 21.9 Å². The molecule has 3 aromatic carbocycles. The molecule has 0 radical (unpaired) electrons. The zero-order valence-corrected chi connectivity index (χ0v) is 19.1. The van der Waals surface area contributed by atoms with Crippen LogP contribution in [0.15, 0.2) is 82.0 Å². The van der Waals surface area contributed by atoms with Crippen LogP contribution in [-0.2, 0) is 18.0 Å². The van der Waals surface area contributed by atoms with Crippen molar-refractivity contribution in [2.24, 2.45) is 0 Å². The lowest BCUT2D eigenvalue weighted by atomic mass is 10.1. The zero-order valence-electron chi connectivity index (χ0n) is 19.1. The number of aliphatic hydroxyl groups excluding tert-OH is 1. The number of methoxy groups -OCH3 is 1. The molecule has 0 fully saturated rings. The second-order valence-corrected chi connectivity index (χ2v) is 7.88. The summed E-state index contributed by atoms with van der Waals surface area (Å²) >= 11 is 0. The zero-order chi connectivity index (χ0) is 24.2. The van der Waals surface area contributed by atoms with Gasteiger partial charge in [-0.3, -0.25) is 4.79 Å². The SMILES string of the molecule is COc1cccc2nc(-c3ccc4oc(CO)cc4c3)n(OCCOCc3ccccc3)c(=O)c12. The van der Waals surface area contributed by atoms with Gasteiger partial charge in [0.1, 0.15) is 35.7 Å². The van der Waals surface area contributed by atoms with Gasteiger partial charge in [-0.2, -0.15) is 0 Å². The number of hydrogen-bond acceptors (Lipinski definition) is 7. The quantitative estimate of drug-likeness (QED) is 0.325. The summed E-state index contributed by atoms with van der Waals surface area (Å²) in [5.74, 6) is 1.21. The van der Waals surface area contributed by atoms with Gasteiger partial charge in [0, 0.05) is 10.9 Å². The fourth-order valence-electron chi connectivity index (χ4n) is 3.92. The van der Waals surface area contributed by atoms with Gasteiger partial charge in [-0.05, 0) is 42.0 Å². The number of hydrogen-bond donors (Lipinski definition) is 1. The second kappa shape index (κ2) is 10.0. The molecule has 0 amide bonds. The molecule has 0 spiro atoms. The van der Waals surface area contributed by atoms with Gasteiger partial charge in [-0.25, -0.2) is 4.98 Å². The number of furan rings is 1. The van der Waals surface area contributed by atoms with Gasteiger partial charge >= 0.3 is 0 Å². The number of benzene rings is 3. The lowest BCUT2D eigenvalue weighted by molar-refractivity contribution is 0.0297. The van der Waals surface area contributed by atoms with Crippen LogP contribution < -0.4 is 15.1 Å². The van der Waals surface area contributed by atoms with E-state index < -0.39 is 0 Å². The van der Waals surface area contributed by atoms with Crippen molar-refractivity contribution in [1.82, 2.24) is 9.71 Å². The van der Waals surface area contributed by atoms with Crippen LogP contribution in [0.2, 0.25) is 0 Å². The van der Waals surface area contributed by atoms with Crippen molar-refractivity contribution in [3.63, 3.8) is 0 Å². The van der Waals surface area contributed by atoms with E-state index >= 15 is 0 Å². The maximum atomic E-state index is 13.5. The Labute approximate surface area is 200 Å². The number of aromatic nitrogens is 2. The molecule has 5 rings (SSSR count). The molecule has 178 valence electrons. The highest BCUT2D eigenvalue weighted by Gasteiger charge is 2.18. The molecule has 8 heteroatoms. The number of rotatable bonds is 9. The van der Waals surface area contributed by atoms with E-state index in [2.05, 4.69) is 0 Å². The number of nitrogens with zero attached hydrogens (tertiary/aromatic N) is 2. The van der Waals surface area contributed by atoms with E-state index in [0.29, 0.717) is 46.0 Å². The molecule has 0 bridgehead atoms. The van der Waals surface area contributed by atoms with Gasteiger partial charge in [0.2, 0.25) is 0 Å². The van der Waals surface area contributed by atoms with Crippen molar-refractivity contribution in [1.29, 1.82) is 0 Å². The fourth-order valence-corrected chi connectivity index (χ4v) is 3.92. The molecule has 0 unspecified atom stereocenters. The summed E-state index contributed by atoms with van der Waals surface area (Å²) < 4.78 is 17.9. The van der Waals surface area contributed by atoms with Crippen LogP contribution >= 0.6 is 0 Å². The second-order valence-electron chi connectivity index (χ2n) is 7.88. The molecule has 8 nitrogen and oxygen atoms in total. The third-order valence-electron chi connectivity index (χ3n) is 5.58. The molecular formula is C27H24N2O6. The van der Waals surface area contributed by atoms with Gasteiger partial charge < -0.3 is 23.8 Å². The van der Waals surface area contributed by atoms with E-state index in [4.69, 9.17) is 23.7 Å². The monoisotopic (exact) mass is 472 g/mol. The summed E-state index contributed by atoms with van der Waals surface area (Å²) in [7, 11) is 1.51. The normalized spacial score (nSPS) is 11.3. The van der Waals surface area contributed by atoms with Crippen LogP contribution in [-0.4, -0.2) is 35.1 Å². The van der Waals surface area contributed by atoms with Crippen molar-refractivity contribution in [3.8, 4) is 17.1 Å². The highest BCUT2D eigenvalue weighted by molar-refractivity contribution is 5.87. The predicted octanol–water partition coefficient (Wildman–Crippen LogP) is 3.96. The van der Waals surface area contributed by atoms with Gasteiger partial charge in [-0.1, -0.05) is 36.4 Å². The Hall–Kier alpha value is -4.14. The third kappa shape index (κ3) is 4.62. The van der Waals surface area contributed by atoms with Crippen molar-refractivity contribution < 1.29 is 23.8 Å². The largest absolute Gasteiger partial charge is 0.496 e. The molecule has 2 heterocycles. The van der Waals surface area contributed by atoms with Crippen LogP contribution in [0.3, 0.4) is 0 Å². The molecule has 0 atom stereocenters. The Balaban J connectivity index is 1.49. The molecule has 35 heavy (non-hydrogen) atoms. The minimum Gasteiger partial charge on any atom is -0.496 e. The number of aliphatic hydroxyl groups is 1. The molecule has 0 saturated heterocycles. The van der Waals surface area contributed by atoms with E-state index in [0.717, 1.165) is 10.9 Å². The highest BCUT2D eigenvalue weighted by atomic mass is 16.7. The molecule has 1 N–H and O–H groups in total. The molecule has 5 aromatic rings. The Bertz CT molecular complexity index is 1520. The van der Waals surface area contributed by atoms with Crippen LogP contribution in [0.4, 0.5) is 0 Å². The van der Waals surface area contributed by atoms with Gasteiger partial charge in [-0.15, -0.1) is 4.73 Å². The minimum absolute atomic E-state index is 0.144. The summed E-state index contributed by atoms with van der Waals surface area (Å²) in [4.78, 5) is 24.2. The van der Waals surface area contributed by atoms with E-state index in [1.54, 1.807) is 36.4 Å². The predicted molar refractivity (Wildman–Crippen MR) is 131 cm³/mol. The van der Waals surface area contributed by atoms with Gasteiger partial charge in [0.05, 0.1) is 25.8 Å². The lowest BCUT2D eigenvalue weighted by Gasteiger charge is -2.15. The topological polar surface area (TPSA) is 96.0 Å². The number of ether oxygens (including phenoxy) is 2. The van der Waals surface area contributed by atoms with Crippen molar-refractivity contribution in [2.75, 3.05) is 20.3 Å². The summed E-state index contributed by atoms with van der Waals surface area (Å²) in [6.07, 6.45) is 0. The first kappa shape index (κ1) is 22.6. The standard InChI is InChI=1S/C27H24N2O6/c1-32-24-9-5-8-22-25(24)27(31)29(34-13-12-33-17-18-6-3-2-4-7-18)26(28-22)19-10-11-23-20(14-19)15-21(16-30)35-23/h2-11,14-15,30H,12-13,16-17H2,1H3. The van der Waals surface area contributed by atoms with Crippen molar-refractivity contribution in [3.05, 3.63) is 94.5 Å². The van der Waals surface area contributed by atoms with E-state index in [1.165, 1.54) is 11.8 Å². The summed E-state index contributed by atoms with van der Waals surface area (Å²) in [6.45, 7) is 0.672. The lowest BCUT2D eigenvalue weighted by Crippen LogP contribution is -2.31. The first-order chi connectivity index (χ1) is 17.2. The highest BCUT2D eigenvalue weighted by Crippen LogP contribution is 2.28. The van der Waals surface area contributed by atoms with Crippen LogP contribution in [0.1, 0.15) is 11.3 Å². The summed E-state index contributed by atoms with van der Waals surface area (Å²) in [5, 5.41) is 10.5. The first-order valence-electron chi connectivity index (χ1n) is 11.2. The minimum atomic E-state index is -0.381. The molecule has 0 saturated carbocycles. The van der Waals surface area contributed by atoms with Crippen LogP contribution in [0, 0.1) is 0 Å². The number of fused-ring (bicyclic) bond motifs is 2. The average Bonchev–Trinajstić information content (AvgIpc) is 3.32. The van der Waals surface area contributed by atoms with Gasteiger partial charge in [0.25, 0.3) is 5.56 Å². The Morgan fingerprint density at radius 1 is 1.00 bits per heavy atom. The average molecular weight is 472 g/mol. The molecule has 0 aliphatic carbocycles. The van der Waals surface area contributed by atoms with Crippen LogP contribution in [0.5, 0.6) is 5.75 Å². The molecule has 0 aliphatic heterocycles. The maximum Gasteiger partial charge on any atom is 0.298 e. The Kier molecular flexibility index (Phi) is 6.47. The van der Waals surface area contributed by atoms with Crippen LogP contribution in [0.25, 0.3) is 33.3 Å². The van der Waals surface area contributed by atoms with Crippen molar-refractivity contribution in [2.45, 2.75) is 13.2 Å². The molecule has 0 aliphatic rings. The third-order valence-corrected chi connectivity index (χ3v) is 5.58. The Morgan fingerprint density at radius 2 is 1.86 bits per heavy atom. The molecule has 2 aromatic heterocycles. The fraction of sp³-hybridized carbons (Fsp3) is 0.185. The van der Waals surface area contributed by atoms with Gasteiger partial charge in [0.15, 0.2) is 5.82 Å². The van der Waals surface area contributed by atoms with E-state index in [1.807, 2.05) is 36.4 Å². The van der Waals surface area contributed by atoms with E-state index in [-0.39, 0.29) is 25.4 Å². The van der Waals surface area contributed by atoms with E-state index in [9.17, 15) is 9.90 Å². The Morgan fingerprint density at radius 3 is 2.66 bits per heavy atom. The molecular weight excluding hydrogens is 448 g/mol. The smallest absolute Gasteiger partial charge is 0.298 e.